The van der Waals surface area contributed by atoms with Crippen LogP contribution in [0.2, 0.25) is 0 Å². The van der Waals surface area contributed by atoms with Crippen LogP contribution in [-0.2, 0) is 35.1 Å². The summed E-state index contributed by atoms with van der Waals surface area (Å²) in [7, 11) is 0. The van der Waals surface area contributed by atoms with Crippen molar-refractivity contribution in [3.8, 4) is 0 Å². The van der Waals surface area contributed by atoms with Crippen LogP contribution < -0.4 is 4.89 Å². The molecule has 216 valence electrons. The summed E-state index contributed by atoms with van der Waals surface area (Å²) in [6.07, 6.45) is 20.0. The molecule has 0 saturated heterocycles. The van der Waals surface area contributed by atoms with E-state index in [-0.39, 0.29) is 19.6 Å². The Morgan fingerprint density at radius 1 is 0.722 bits per heavy atom. The maximum absolute atomic E-state index is 12.2. The van der Waals surface area contributed by atoms with E-state index in [0.29, 0.717) is 39.1 Å². The Morgan fingerprint density at radius 3 is 1.78 bits per heavy atom. The van der Waals surface area contributed by atoms with Crippen LogP contribution in [0.25, 0.3) is 0 Å². The number of rotatable bonds is 29. The van der Waals surface area contributed by atoms with Crippen LogP contribution in [0.3, 0.4) is 0 Å². The van der Waals surface area contributed by atoms with Crippen molar-refractivity contribution in [3.63, 3.8) is 0 Å². The van der Waals surface area contributed by atoms with Crippen molar-refractivity contribution < 1.29 is 33.3 Å². The lowest BCUT2D eigenvalue weighted by Crippen LogP contribution is -2.27. The van der Waals surface area contributed by atoms with Gasteiger partial charge in [0.2, 0.25) is 0 Å². The number of carboxylic acids is 1. The summed E-state index contributed by atoms with van der Waals surface area (Å²) < 4.78 is 22.0. The molecule has 0 aliphatic rings. The monoisotopic (exact) mass is 553 g/mol. The first kappa shape index (κ1) is 35.9. The summed E-state index contributed by atoms with van der Waals surface area (Å²) in [6, 6.07) is 0. The van der Waals surface area contributed by atoms with Crippen molar-refractivity contribution in [2.45, 2.75) is 136 Å². The normalized spacial score (nSPS) is 14.1. The molecule has 2 atom stereocenters. The lowest BCUT2D eigenvalue weighted by molar-refractivity contribution is -0.209. The molecule has 0 radical (unpaired) electrons. The number of ether oxygens (including phenoxy) is 2. The Balaban J connectivity index is 3.85. The Kier molecular flexibility index (Phi) is 26.5. The number of hydrogen-bond donors (Lipinski definition) is 1. The van der Waals surface area contributed by atoms with Crippen LogP contribution in [0.4, 0.5) is 0 Å². The maximum atomic E-state index is 12.2. The lowest BCUT2D eigenvalue weighted by atomic mass is 10.0. The average Bonchev–Trinajstić information content (AvgIpc) is 2.84. The van der Waals surface area contributed by atoms with Crippen molar-refractivity contribution in [2.24, 2.45) is 0 Å². The zero-order valence-electron chi connectivity index (χ0n) is 23.1. The van der Waals surface area contributed by atoms with Gasteiger partial charge in [-0.2, -0.15) is 0 Å². The van der Waals surface area contributed by atoms with Gasteiger partial charge >= 0.3 is 5.97 Å². The van der Waals surface area contributed by atoms with Gasteiger partial charge in [0.1, 0.15) is 12.8 Å². The minimum absolute atomic E-state index is 0.0299. The van der Waals surface area contributed by atoms with E-state index >= 15 is 0 Å². The third-order valence-corrected chi connectivity index (χ3v) is 7.55. The number of unbranched alkanes of at least 4 members (excludes halogenated alkanes) is 14. The first-order valence-electron chi connectivity index (χ1n) is 14.4. The van der Waals surface area contributed by atoms with Gasteiger partial charge in [0.25, 0.3) is 0 Å². The molecule has 2 unspecified atom stereocenters. The summed E-state index contributed by atoms with van der Waals surface area (Å²) in [4.78, 5) is 22.8. The smallest absolute Gasteiger partial charge is 0.303 e. The first-order valence-corrected chi connectivity index (χ1v) is 17.0. The third-order valence-electron chi connectivity index (χ3n) is 5.96. The van der Waals surface area contributed by atoms with E-state index in [1.807, 2.05) is 6.92 Å². The highest BCUT2D eigenvalue weighted by Crippen LogP contribution is 2.39. The molecule has 0 saturated carbocycles. The number of carbonyl (C=O) groups is 1. The van der Waals surface area contributed by atoms with Crippen molar-refractivity contribution >= 4 is 24.5 Å². The van der Waals surface area contributed by atoms with Crippen molar-refractivity contribution in [3.05, 3.63) is 0 Å². The highest BCUT2D eigenvalue weighted by Gasteiger charge is 2.14. The van der Waals surface area contributed by atoms with Crippen LogP contribution in [0.1, 0.15) is 129 Å². The lowest BCUT2D eigenvalue weighted by Gasteiger charge is -2.29. The molecule has 0 aromatic rings. The molecular formula is C27H54O7PS-. The summed E-state index contributed by atoms with van der Waals surface area (Å²) in [5.41, 5.74) is 0. The Hall–Kier alpha value is -0.0800. The van der Waals surface area contributed by atoms with Crippen LogP contribution in [-0.4, -0.2) is 50.2 Å². The second-order valence-corrected chi connectivity index (χ2v) is 12.3. The maximum Gasteiger partial charge on any atom is 0.303 e. The van der Waals surface area contributed by atoms with Gasteiger partial charge < -0.3 is 28.5 Å². The van der Waals surface area contributed by atoms with Crippen molar-refractivity contribution in [1.29, 1.82) is 0 Å². The fraction of sp³-hybridized carbons (Fsp3) is 0.963. The Bertz CT molecular complexity index is 536. The summed E-state index contributed by atoms with van der Waals surface area (Å²) in [5, 5.41) is 8.74. The molecule has 0 amide bonds. The minimum Gasteiger partial charge on any atom is -0.780 e. The standard InChI is InChI=1S/C27H55O7PS/c1-3-5-6-7-8-9-10-11-12-13-14-15-16-18-22-31-24-26(32-23-19-17-20-27(28)29)25-34-35(30,36)33-21-4-2/h26H,3-25H2,1-2H3,(H,28,29)(H,30,36)/p-1. The molecule has 7 nitrogen and oxygen atoms in total. The molecule has 0 aromatic carbocycles. The molecule has 0 aromatic heterocycles. The van der Waals surface area contributed by atoms with Gasteiger partial charge in [-0.3, -0.25) is 4.79 Å². The molecule has 0 fully saturated rings. The average molecular weight is 554 g/mol. The quantitative estimate of drug-likeness (QED) is 0.0770. The van der Waals surface area contributed by atoms with E-state index in [1.54, 1.807) is 0 Å². The predicted octanol–water partition coefficient (Wildman–Crippen LogP) is 7.15. The summed E-state index contributed by atoms with van der Waals surface area (Å²) in [5.74, 6) is -0.813. The highest BCUT2D eigenvalue weighted by atomic mass is 32.5. The van der Waals surface area contributed by atoms with Crippen LogP contribution in [0.15, 0.2) is 0 Å². The number of carboxylic acid groups (broad SMARTS) is 1. The molecule has 0 spiro atoms. The number of aliphatic carboxylic acids is 1. The van der Waals surface area contributed by atoms with E-state index in [1.165, 1.54) is 77.0 Å². The van der Waals surface area contributed by atoms with Crippen molar-refractivity contribution in [2.75, 3.05) is 33.0 Å². The van der Waals surface area contributed by atoms with E-state index in [2.05, 4.69) is 6.92 Å². The number of hydrogen-bond acceptors (Lipinski definition) is 7. The summed E-state index contributed by atoms with van der Waals surface area (Å²) >= 11 is 4.91. The molecule has 0 bridgehead atoms. The zero-order chi connectivity index (χ0) is 26.7. The van der Waals surface area contributed by atoms with Crippen LogP contribution >= 0.6 is 6.72 Å². The molecule has 0 heterocycles. The van der Waals surface area contributed by atoms with Crippen LogP contribution in [0, 0.1) is 0 Å². The molecule has 1 N–H and O–H groups in total. The Labute approximate surface area is 226 Å². The largest absolute Gasteiger partial charge is 0.780 e. The molecule has 0 aliphatic heterocycles. The van der Waals surface area contributed by atoms with Gasteiger partial charge in [-0.25, -0.2) is 0 Å². The zero-order valence-corrected chi connectivity index (χ0v) is 24.8. The predicted molar refractivity (Wildman–Crippen MR) is 149 cm³/mol. The summed E-state index contributed by atoms with van der Waals surface area (Å²) in [6.45, 7) is 2.32. The minimum atomic E-state index is -3.53. The van der Waals surface area contributed by atoms with Crippen LogP contribution in [0.5, 0.6) is 0 Å². The van der Waals surface area contributed by atoms with Gasteiger partial charge in [-0.15, -0.1) is 0 Å². The van der Waals surface area contributed by atoms with Gasteiger partial charge in [0.05, 0.1) is 19.8 Å². The van der Waals surface area contributed by atoms with E-state index in [4.69, 9.17) is 35.4 Å². The molecule has 0 aliphatic carbocycles. The molecular weight excluding hydrogens is 499 g/mol. The molecule has 0 rings (SSSR count). The van der Waals surface area contributed by atoms with Gasteiger partial charge in [0, 0.05) is 19.6 Å². The topological polar surface area (TPSA) is 97.3 Å². The van der Waals surface area contributed by atoms with E-state index < -0.39 is 18.8 Å². The Morgan fingerprint density at radius 2 is 1.25 bits per heavy atom. The fourth-order valence-corrected chi connectivity index (χ4v) is 5.04. The second-order valence-electron chi connectivity index (χ2n) is 9.59. The highest BCUT2D eigenvalue weighted by molar-refractivity contribution is 8.06. The van der Waals surface area contributed by atoms with E-state index in [9.17, 15) is 9.69 Å². The second kappa shape index (κ2) is 26.5. The molecule has 9 heteroatoms. The molecule has 36 heavy (non-hydrogen) atoms. The van der Waals surface area contributed by atoms with Gasteiger partial charge in [-0.1, -0.05) is 109 Å². The van der Waals surface area contributed by atoms with E-state index in [0.717, 1.165) is 12.8 Å². The third kappa shape index (κ3) is 27.0. The first-order chi connectivity index (χ1) is 17.4. The van der Waals surface area contributed by atoms with Gasteiger partial charge in [-0.05, 0) is 25.7 Å². The van der Waals surface area contributed by atoms with Gasteiger partial charge in [0.15, 0.2) is 0 Å². The fourth-order valence-electron chi connectivity index (χ4n) is 3.80. The van der Waals surface area contributed by atoms with Crippen molar-refractivity contribution in [1.82, 2.24) is 0 Å². The SMILES string of the molecule is CCCCCCCCCCCCCCCCOCC(COP([O-])(=S)OCCC)OCCCCC(=O)O.